The lowest BCUT2D eigenvalue weighted by Crippen LogP contribution is -2.62. The molecule has 2 heterocycles. The van der Waals surface area contributed by atoms with Crippen LogP contribution in [0, 0.1) is 34.0 Å². The molecule has 1 spiro atoms. The second kappa shape index (κ2) is 11.1. The zero-order valence-electron chi connectivity index (χ0n) is 25.5. The third-order valence-corrected chi connectivity index (χ3v) is 13.1. The van der Waals surface area contributed by atoms with E-state index in [4.69, 9.17) is 18.9 Å². The van der Waals surface area contributed by atoms with Gasteiger partial charge in [-0.1, -0.05) is 20.8 Å². The van der Waals surface area contributed by atoms with Crippen molar-refractivity contribution in [1.82, 2.24) is 0 Å². The molecule has 0 radical (unpaired) electrons. The van der Waals surface area contributed by atoms with Crippen molar-refractivity contribution in [3.63, 3.8) is 0 Å². The van der Waals surface area contributed by atoms with E-state index in [1.165, 1.54) is 0 Å². The molecular formula is C31H52O12. The summed E-state index contributed by atoms with van der Waals surface area (Å²) >= 11 is 0. The van der Waals surface area contributed by atoms with Gasteiger partial charge in [0.2, 0.25) is 0 Å². The van der Waals surface area contributed by atoms with E-state index in [1.54, 1.807) is 0 Å². The van der Waals surface area contributed by atoms with Crippen LogP contribution in [0.15, 0.2) is 0 Å². The summed E-state index contributed by atoms with van der Waals surface area (Å²) in [4.78, 5) is 0. The Bertz CT molecular complexity index is 1030. The molecule has 12 heteroatoms. The number of hydrogen-bond donors (Lipinski definition) is 8. The number of fused-ring (bicyclic) bond motifs is 3. The van der Waals surface area contributed by atoms with Crippen LogP contribution in [-0.2, 0) is 18.9 Å². The van der Waals surface area contributed by atoms with Gasteiger partial charge in [0.05, 0.1) is 38.1 Å². The highest BCUT2D eigenvalue weighted by atomic mass is 16.7. The van der Waals surface area contributed by atoms with Crippen LogP contribution in [0.3, 0.4) is 0 Å². The van der Waals surface area contributed by atoms with Gasteiger partial charge < -0.3 is 59.8 Å². The van der Waals surface area contributed by atoms with Gasteiger partial charge in [-0.2, -0.15) is 0 Å². The molecule has 0 aromatic carbocycles. The number of aliphatic hydroxyl groups is 8. The summed E-state index contributed by atoms with van der Waals surface area (Å²) < 4.78 is 23.3. The summed E-state index contributed by atoms with van der Waals surface area (Å²) in [5.41, 5.74) is -3.03. The summed E-state index contributed by atoms with van der Waals surface area (Å²) in [6.45, 7) is 5.09. The molecular weight excluding hydrogens is 564 g/mol. The molecule has 6 fully saturated rings. The first-order valence-corrected chi connectivity index (χ1v) is 16.1. The normalized spacial score (nSPS) is 56.0. The Labute approximate surface area is 252 Å². The molecule has 4 aliphatic carbocycles. The molecule has 2 aliphatic heterocycles. The largest absolute Gasteiger partial charge is 0.393 e. The maximum atomic E-state index is 10.9. The van der Waals surface area contributed by atoms with Gasteiger partial charge in [-0.05, 0) is 85.4 Å². The highest BCUT2D eigenvalue weighted by molar-refractivity contribution is 5.18. The summed E-state index contributed by atoms with van der Waals surface area (Å²) in [6.07, 6.45) is -3.34. The average molecular weight is 617 g/mol. The van der Waals surface area contributed by atoms with Crippen LogP contribution in [0.1, 0.15) is 72.1 Å². The molecule has 12 nitrogen and oxygen atoms in total. The SMILES string of the molecule is CC1(C)[C@H](O)CC[C@]2(C)[C@@H]1CC[C@@]13C[C@@H](CC[C@H]12)[C@](CO)(O[C@@H]1O[C@H](CO[C@@H]2OC[C@](O)(CO)[C@H]2O)[C@@H](O)[C@H](O)[C@H]1O)C3. The summed E-state index contributed by atoms with van der Waals surface area (Å²) in [5, 5.41) is 84.0. The fourth-order valence-corrected chi connectivity index (χ4v) is 10.7. The standard InChI is InChI=1S/C31H52O12/c1-27(2)18-6-9-29-10-16(4-5-19(29)28(18,3)8-7-20(27)34)31(12-29,14-33)43-25-23(37)22(36)21(35)17(42-25)11-40-26-24(38)30(39,13-32)15-41-26/h16-26,32-39H,4-15H2,1-3H3/t16-,17-,18-,19+,20-,21-,22+,23-,24+,25+,26-,28-,29+,30-,31+/m1/s1. The van der Waals surface area contributed by atoms with Crippen molar-refractivity contribution >= 4 is 0 Å². The van der Waals surface area contributed by atoms with Crippen molar-refractivity contribution < 1.29 is 59.8 Å². The summed E-state index contributed by atoms with van der Waals surface area (Å²) in [7, 11) is 0. The van der Waals surface area contributed by atoms with Gasteiger partial charge >= 0.3 is 0 Å². The molecule has 248 valence electrons. The summed E-state index contributed by atoms with van der Waals surface area (Å²) in [6, 6.07) is 0. The average Bonchev–Trinajstić information content (AvgIpc) is 3.39. The second-order valence-corrected chi connectivity index (χ2v) is 15.6. The third-order valence-electron chi connectivity index (χ3n) is 13.1. The van der Waals surface area contributed by atoms with Gasteiger partial charge in [-0.3, -0.25) is 0 Å². The number of ether oxygens (including phenoxy) is 4. The topological polar surface area (TPSA) is 199 Å². The first-order chi connectivity index (χ1) is 20.2. The molecule has 4 saturated carbocycles. The minimum absolute atomic E-state index is 0.0313. The Hall–Kier alpha value is -0.480. The van der Waals surface area contributed by atoms with E-state index in [2.05, 4.69) is 20.8 Å². The highest BCUT2D eigenvalue weighted by Crippen LogP contribution is 2.73. The molecule has 2 saturated heterocycles. The maximum absolute atomic E-state index is 10.9. The zero-order valence-corrected chi connectivity index (χ0v) is 25.5. The summed E-state index contributed by atoms with van der Waals surface area (Å²) in [5.74, 6) is 0.848. The third kappa shape index (κ3) is 4.86. The lowest BCUT2D eigenvalue weighted by Gasteiger charge is -2.64. The zero-order chi connectivity index (χ0) is 31.2. The predicted octanol–water partition coefficient (Wildman–Crippen LogP) is -0.597. The van der Waals surface area contributed by atoms with E-state index < -0.39 is 60.9 Å². The highest BCUT2D eigenvalue weighted by Gasteiger charge is 2.69. The van der Waals surface area contributed by atoms with Crippen LogP contribution in [-0.4, -0.2) is 128 Å². The van der Waals surface area contributed by atoms with Gasteiger partial charge in [-0.15, -0.1) is 0 Å². The molecule has 6 aliphatic rings. The van der Waals surface area contributed by atoms with E-state index in [0.29, 0.717) is 18.3 Å². The number of aliphatic hydroxyl groups excluding tert-OH is 7. The fourth-order valence-electron chi connectivity index (χ4n) is 10.7. The Kier molecular flexibility index (Phi) is 8.35. The molecule has 0 unspecified atom stereocenters. The molecule has 0 amide bonds. The monoisotopic (exact) mass is 616 g/mol. The van der Waals surface area contributed by atoms with Crippen molar-refractivity contribution in [3.05, 3.63) is 0 Å². The van der Waals surface area contributed by atoms with Crippen molar-refractivity contribution in [3.8, 4) is 0 Å². The van der Waals surface area contributed by atoms with Gasteiger partial charge in [0, 0.05) is 0 Å². The van der Waals surface area contributed by atoms with Gasteiger partial charge in [0.25, 0.3) is 0 Å². The van der Waals surface area contributed by atoms with Crippen LogP contribution in [0.2, 0.25) is 0 Å². The smallest absolute Gasteiger partial charge is 0.187 e. The minimum atomic E-state index is -1.88. The maximum Gasteiger partial charge on any atom is 0.187 e. The van der Waals surface area contributed by atoms with Gasteiger partial charge in [0.1, 0.15) is 36.1 Å². The van der Waals surface area contributed by atoms with Crippen LogP contribution >= 0.6 is 0 Å². The van der Waals surface area contributed by atoms with Crippen molar-refractivity contribution in [2.75, 3.05) is 26.4 Å². The van der Waals surface area contributed by atoms with Gasteiger partial charge in [0.15, 0.2) is 12.6 Å². The first-order valence-electron chi connectivity index (χ1n) is 16.1. The molecule has 2 bridgehead atoms. The van der Waals surface area contributed by atoms with E-state index in [1.807, 2.05) is 0 Å². The van der Waals surface area contributed by atoms with Crippen LogP contribution in [0.5, 0.6) is 0 Å². The van der Waals surface area contributed by atoms with Crippen LogP contribution in [0.4, 0.5) is 0 Å². The van der Waals surface area contributed by atoms with E-state index >= 15 is 0 Å². The Morgan fingerprint density at radius 2 is 1.56 bits per heavy atom. The molecule has 0 aromatic rings. The Morgan fingerprint density at radius 1 is 0.814 bits per heavy atom. The van der Waals surface area contributed by atoms with Crippen molar-refractivity contribution in [2.24, 2.45) is 34.0 Å². The minimum Gasteiger partial charge on any atom is -0.393 e. The quantitative estimate of drug-likeness (QED) is 0.181. The predicted molar refractivity (Wildman–Crippen MR) is 149 cm³/mol. The molecule has 6 rings (SSSR count). The fraction of sp³-hybridized carbons (Fsp3) is 1.00. The van der Waals surface area contributed by atoms with Crippen LogP contribution < -0.4 is 0 Å². The lowest BCUT2D eigenvalue weighted by molar-refractivity contribution is -0.340. The Morgan fingerprint density at radius 3 is 2.23 bits per heavy atom. The molecule has 43 heavy (non-hydrogen) atoms. The first kappa shape index (κ1) is 32.5. The van der Waals surface area contributed by atoms with Gasteiger partial charge in [-0.25, -0.2) is 0 Å². The van der Waals surface area contributed by atoms with E-state index in [0.717, 1.165) is 44.9 Å². The number of rotatable bonds is 7. The molecule has 0 aromatic heterocycles. The Balaban J connectivity index is 1.18. The van der Waals surface area contributed by atoms with Crippen molar-refractivity contribution in [2.45, 2.75) is 133 Å². The number of hydrogen-bond acceptors (Lipinski definition) is 12. The molecule has 8 N–H and O–H groups in total. The van der Waals surface area contributed by atoms with Crippen LogP contribution in [0.25, 0.3) is 0 Å². The second-order valence-electron chi connectivity index (χ2n) is 15.6. The van der Waals surface area contributed by atoms with Crippen molar-refractivity contribution in [1.29, 1.82) is 0 Å². The molecule has 15 atom stereocenters. The van der Waals surface area contributed by atoms with E-state index in [9.17, 15) is 40.9 Å². The van der Waals surface area contributed by atoms with E-state index in [-0.39, 0.29) is 48.1 Å². The lowest BCUT2D eigenvalue weighted by atomic mass is 9.41.